The Morgan fingerprint density at radius 2 is 2.15 bits per heavy atom. The van der Waals surface area contributed by atoms with Crippen LogP contribution in [0.5, 0.6) is 0 Å². The van der Waals surface area contributed by atoms with Crippen LogP contribution >= 0.6 is 0 Å². The van der Waals surface area contributed by atoms with Gasteiger partial charge >= 0.3 is 0 Å². The number of rotatable bonds is 2. The normalized spacial score (nSPS) is 23.6. The molecule has 1 unspecified atom stereocenters. The molecule has 1 aliphatic heterocycles. The maximum atomic E-state index is 13.2. The van der Waals surface area contributed by atoms with E-state index in [4.69, 9.17) is 0 Å². The molecule has 0 N–H and O–H groups in total. The minimum atomic E-state index is -0.456. The number of halogens is 1. The van der Waals surface area contributed by atoms with Gasteiger partial charge in [-0.3, -0.25) is 4.79 Å². The van der Waals surface area contributed by atoms with Crippen molar-refractivity contribution in [2.45, 2.75) is 32.2 Å². The van der Waals surface area contributed by atoms with Gasteiger partial charge in [0.1, 0.15) is 5.82 Å². The molecule has 1 atom stereocenters. The summed E-state index contributed by atoms with van der Waals surface area (Å²) < 4.78 is 13.2. The van der Waals surface area contributed by atoms with E-state index in [-0.39, 0.29) is 12.0 Å². The Morgan fingerprint density at radius 1 is 1.35 bits per heavy atom. The van der Waals surface area contributed by atoms with E-state index in [1.54, 1.807) is 6.07 Å². The topological polar surface area (TPSA) is 36.4 Å². The number of hydrogen-bond acceptors (Lipinski definition) is 3. The summed E-state index contributed by atoms with van der Waals surface area (Å²) in [4.78, 5) is 20.2. The second kappa shape index (κ2) is 5.38. The van der Waals surface area contributed by atoms with Crippen molar-refractivity contribution in [2.75, 3.05) is 24.5 Å². The van der Waals surface area contributed by atoms with Crippen LogP contribution in [0, 0.1) is 11.9 Å². The van der Waals surface area contributed by atoms with Crippen LogP contribution in [0.25, 0.3) is 0 Å². The first-order valence-electron chi connectivity index (χ1n) is 7.33. The second-order valence-electron chi connectivity index (χ2n) is 5.77. The number of hydrogen-bond donors (Lipinski definition) is 0. The van der Waals surface area contributed by atoms with Crippen molar-refractivity contribution in [3.63, 3.8) is 0 Å². The first kappa shape index (κ1) is 13.3. The van der Waals surface area contributed by atoms with Gasteiger partial charge in [-0.15, -0.1) is 0 Å². The molecule has 1 aromatic rings. The molecule has 1 amide bonds. The molecule has 0 aromatic carbocycles. The van der Waals surface area contributed by atoms with E-state index >= 15 is 0 Å². The summed E-state index contributed by atoms with van der Waals surface area (Å²) in [5.74, 6) is 0.756. The minimum Gasteiger partial charge on any atom is -0.350 e. The summed E-state index contributed by atoms with van der Waals surface area (Å²) >= 11 is 0. The van der Waals surface area contributed by atoms with Crippen molar-refractivity contribution < 1.29 is 9.18 Å². The highest BCUT2D eigenvalue weighted by Gasteiger charge is 2.33. The van der Waals surface area contributed by atoms with Crippen LogP contribution in [0.1, 0.15) is 26.2 Å². The van der Waals surface area contributed by atoms with E-state index in [0.717, 1.165) is 19.4 Å². The highest BCUT2D eigenvalue weighted by Crippen LogP contribution is 2.29. The third kappa shape index (κ3) is 2.49. The highest BCUT2D eigenvalue weighted by molar-refractivity contribution is 5.80. The molecule has 3 rings (SSSR count). The molecular weight excluding hydrogens is 257 g/mol. The molecule has 2 aliphatic rings. The van der Waals surface area contributed by atoms with E-state index in [1.807, 2.05) is 11.0 Å². The number of pyridine rings is 1. The summed E-state index contributed by atoms with van der Waals surface area (Å²) in [6.45, 7) is 4.19. The maximum absolute atomic E-state index is 13.2. The molecule has 4 nitrogen and oxygen atoms in total. The van der Waals surface area contributed by atoms with Crippen molar-refractivity contribution >= 4 is 11.7 Å². The van der Waals surface area contributed by atoms with Crippen LogP contribution in [0.3, 0.4) is 0 Å². The Balaban J connectivity index is 1.66. The fourth-order valence-corrected chi connectivity index (χ4v) is 2.97. The fourth-order valence-electron chi connectivity index (χ4n) is 2.97. The van der Waals surface area contributed by atoms with Crippen LogP contribution in [0.15, 0.2) is 18.2 Å². The van der Waals surface area contributed by atoms with E-state index in [9.17, 15) is 9.18 Å². The molecule has 0 radical (unpaired) electrons. The average molecular weight is 277 g/mol. The maximum Gasteiger partial charge on any atom is 0.225 e. The summed E-state index contributed by atoms with van der Waals surface area (Å²) in [6.07, 6.45) is 3.26. The van der Waals surface area contributed by atoms with Crippen LogP contribution in [0.4, 0.5) is 10.2 Å². The molecular formula is C15H20FN3O. The zero-order valence-corrected chi connectivity index (χ0v) is 11.8. The SMILES string of the molecule is CC1CN(C(=O)C2CCC2)CCN1c1cccc(F)n1. The molecule has 0 bridgehead atoms. The molecule has 1 aliphatic carbocycles. The predicted molar refractivity (Wildman–Crippen MR) is 74.9 cm³/mol. The Hall–Kier alpha value is -1.65. The van der Waals surface area contributed by atoms with Gasteiger partial charge in [-0.25, -0.2) is 4.98 Å². The van der Waals surface area contributed by atoms with Crippen molar-refractivity contribution in [1.29, 1.82) is 0 Å². The second-order valence-corrected chi connectivity index (χ2v) is 5.77. The third-order valence-corrected chi connectivity index (χ3v) is 4.39. The molecule has 5 heteroatoms. The predicted octanol–water partition coefficient (Wildman–Crippen LogP) is 2.06. The summed E-state index contributed by atoms with van der Waals surface area (Å²) in [6, 6.07) is 5.02. The lowest BCUT2D eigenvalue weighted by Gasteiger charge is -2.42. The van der Waals surface area contributed by atoms with Gasteiger partial charge in [-0.1, -0.05) is 12.5 Å². The van der Waals surface area contributed by atoms with Gasteiger partial charge in [0.25, 0.3) is 0 Å². The lowest BCUT2D eigenvalue weighted by atomic mass is 9.84. The number of amides is 1. The number of nitrogens with zero attached hydrogens (tertiary/aromatic N) is 3. The quantitative estimate of drug-likeness (QED) is 0.776. The van der Waals surface area contributed by atoms with Gasteiger partial charge in [0.05, 0.1) is 0 Å². The number of carbonyl (C=O) groups excluding carboxylic acids is 1. The van der Waals surface area contributed by atoms with Gasteiger partial charge in [0.15, 0.2) is 0 Å². The lowest BCUT2D eigenvalue weighted by Crippen LogP contribution is -2.55. The highest BCUT2D eigenvalue weighted by atomic mass is 19.1. The van der Waals surface area contributed by atoms with Crippen molar-refractivity contribution in [1.82, 2.24) is 9.88 Å². The van der Waals surface area contributed by atoms with Gasteiger partial charge in [-0.05, 0) is 31.9 Å². The standard InChI is InChI=1S/C15H20FN3O/c1-11-10-18(15(20)12-4-2-5-12)8-9-19(11)14-7-3-6-13(16)17-14/h3,6-7,11-12H,2,4-5,8-10H2,1H3. The van der Waals surface area contributed by atoms with E-state index in [1.165, 1.54) is 12.5 Å². The molecule has 1 aromatic heterocycles. The Kier molecular flexibility index (Phi) is 3.59. The Morgan fingerprint density at radius 3 is 2.75 bits per heavy atom. The van der Waals surface area contributed by atoms with Gasteiger partial charge in [0, 0.05) is 31.6 Å². The average Bonchev–Trinajstić information content (AvgIpc) is 2.36. The summed E-state index contributed by atoms with van der Waals surface area (Å²) in [5.41, 5.74) is 0. The van der Waals surface area contributed by atoms with Crippen LogP contribution < -0.4 is 4.90 Å². The molecule has 0 spiro atoms. The number of carbonyl (C=O) groups is 1. The summed E-state index contributed by atoms with van der Waals surface area (Å²) in [7, 11) is 0. The van der Waals surface area contributed by atoms with Crippen LogP contribution in [0.2, 0.25) is 0 Å². The van der Waals surface area contributed by atoms with Crippen molar-refractivity contribution in [3.8, 4) is 0 Å². The number of piperazine rings is 1. The summed E-state index contributed by atoms with van der Waals surface area (Å²) in [5, 5.41) is 0. The third-order valence-electron chi connectivity index (χ3n) is 4.39. The largest absolute Gasteiger partial charge is 0.350 e. The molecule has 2 heterocycles. The zero-order valence-electron chi connectivity index (χ0n) is 11.8. The van der Waals surface area contributed by atoms with Gasteiger partial charge < -0.3 is 9.80 Å². The smallest absolute Gasteiger partial charge is 0.225 e. The van der Waals surface area contributed by atoms with Gasteiger partial charge in [-0.2, -0.15) is 4.39 Å². The first-order chi connectivity index (χ1) is 9.65. The fraction of sp³-hybridized carbons (Fsp3) is 0.600. The van der Waals surface area contributed by atoms with Gasteiger partial charge in [0.2, 0.25) is 11.9 Å². The number of anilines is 1. The first-order valence-corrected chi connectivity index (χ1v) is 7.33. The van der Waals surface area contributed by atoms with E-state index in [2.05, 4.69) is 16.8 Å². The lowest BCUT2D eigenvalue weighted by molar-refractivity contribution is -0.138. The zero-order chi connectivity index (χ0) is 14.1. The Bertz CT molecular complexity index is 504. The van der Waals surface area contributed by atoms with E-state index < -0.39 is 5.95 Å². The van der Waals surface area contributed by atoms with Crippen LogP contribution in [-0.2, 0) is 4.79 Å². The monoisotopic (exact) mass is 277 g/mol. The molecule has 108 valence electrons. The van der Waals surface area contributed by atoms with Crippen LogP contribution in [-0.4, -0.2) is 41.5 Å². The Labute approximate surface area is 118 Å². The molecule has 20 heavy (non-hydrogen) atoms. The van der Waals surface area contributed by atoms with Crippen molar-refractivity contribution in [3.05, 3.63) is 24.1 Å². The van der Waals surface area contributed by atoms with E-state index in [0.29, 0.717) is 24.8 Å². The molecule has 2 fully saturated rings. The van der Waals surface area contributed by atoms with Crippen molar-refractivity contribution in [2.24, 2.45) is 5.92 Å². The number of aromatic nitrogens is 1. The molecule has 1 saturated carbocycles. The minimum absolute atomic E-state index is 0.169. The molecule has 1 saturated heterocycles.